The molecule has 1 aromatic rings. The lowest BCUT2D eigenvalue weighted by Gasteiger charge is -2.36. The Morgan fingerprint density at radius 3 is 2.67 bits per heavy atom. The molecule has 2 rings (SSSR count). The molecule has 0 amide bonds. The predicted molar refractivity (Wildman–Crippen MR) is 70.4 cm³/mol. The predicted octanol–water partition coefficient (Wildman–Crippen LogP) is 1.48. The number of nitrogens with zero attached hydrogens (tertiary/aromatic N) is 1. The molecule has 1 heterocycles. The van der Waals surface area contributed by atoms with Crippen molar-refractivity contribution in [3.8, 4) is 11.5 Å². The van der Waals surface area contributed by atoms with E-state index in [9.17, 15) is 5.11 Å². The van der Waals surface area contributed by atoms with Crippen LogP contribution >= 0.6 is 0 Å². The van der Waals surface area contributed by atoms with Gasteiger partial charge in [0, 0.05) is 25.6 Å². The Balaban J connectivity index is 2.14. The van der Waals surface area contributed by atoms with E-state index in [1.54, 1.807) is 7.11 Å². The minimum atomic E-state index is 0.113. The van der Waals surface area contributed by atoms with Crippen LogP contribution in [-0.2, 0) is 0 Å². The summed E-state index contributed by atoms with van der Waals surface area (Å²) in [5.41, 5.74) is 1.07. The Bertz CT molecular complexity index is 402. The minimum absolute atomic E-state index is 0.113. The molecule has 1 unspecified atom stereocenters. The molecule has 0 bridgehead atoms. The molecule has 0 saturated carbocycles. The third-order valence-corrected chi connectivity index (χ3v) is 3.35. The standard InChI is InChI=1S/C14H21NO3/c1-10(9-16)11-4-5-13(17-3)14(6-11)18-12-7-15(2)8-12/h4-6,10,12,16H,7-9H2,1-3H3. The first-order chi connectivity index (χ1) is 8.63. The van der Waals surface area contributed by atoms with Crippen molar-refractivity contribution in [1.82, 2.24) is 4.90 Å². The SMILES string of the molecule is COc1ccc(C(C)CO)cc1OC1CN(C)C1. The van der Waals surface area contributed by atoms with Crippen molar-refractivity contribution in [2.45, 2.75) is 18.9 Å². The lowest BCUT2D eigenvalue weighted by atomic mass is 10.0. The third-order valence-electron chi connectivity index (χ3n) is 3.35. The number of likely N-dealkylation sites (tertiary alicyclic amines) is 1. The molecule has 1 atom stereocenters. The van der Waals surface area contributed by atoms with Crippen LogP contribution in [0.5, 0.6) is 11.5 Å². The van der Waals surface area contributed by atoms with Crippen LogP contribution in [0, 0.1) is 0 Å². The number of hydrogen-bond acceptors (Lipinski definition) is 4. The maximum atomic E-state index is 9.20. The van der Waals surface area contributed by atoms with Crippen LogP contribution in [0.25, 0.3) is 0 Å². The number of aliphatic hydroxyl groups is 1. The first-order valence-electron chi connectivity index (χ1n) is 6.28. The van der Waals surface area contributed by atoms with Crippen molar-refractivity contribution >= 4 is 0 Å². The molecule has 4 heteroatoms. The molecule has 18 heavy (non-hydrogen) atoms. The van der Waals surface area contributed by atoms with E-state index in [0.717, 1.165) is 30.2 Å². The summed E-state index contributed by atoms with van der Waals surface area (Å²) in [7, 11) is 3.71. The van der Waals surface area contributed by atoms with Crippen LogP contribution < -0.4 is 9.47 Å². The van der Waals surface area contributed by atoms with Crippen molar-refractivity contribution < 1.29 is 14.6 Å². The number of hydrogen-bond donors (Lipinski definition) is 1. The highest BCUT2D eigenvalue weighted by Gasteiger charge is 2.26. The Morgan fingerprint density at radius 2 is 2.11 bits per heavy atom. The summed E-state index contributed by atoms with van der Waals surface area (Å²) >= 11 is 0. The molecule has 0 aromatic heterocycles. The molecule has 0 radical (unpaired) electrons. The van der Waals surface area contributed by atoms with Crippen LogP contribution in [0.1, 0.15) is 18.4 Å². The van der Waals surface area contributed by atoms with Crippen molar-refractivity contribution in [3.63, 3.8) is 0 Å². The normalized spacial score (nSPS) is 18.2. The maximum absolute atomic E-state index is 9.20. The summed E-state index contributed by atoms with van der Waals surface area (Å²) < 4.78 is 11.2. The van der Waals surface area contributed by atoms with Gasteiger partial charge in [0.25, 0.3) is 0 Å². The van der Waals surface area contributed by atoms with Crippen LogP contribution in [0.3, 0.4) is 0 Å². The summed E-state index contributed by atoms with van der Waals surface area (Å²) in [5.74, 6) is 1.63. The molecule has 100 valence electrons. The number of methoxy groups -OCH3 is 1. The third kappa shape index (κ3) is 2.76. The van der Waals surface area contributed by atoms with E-state index in [0.29, 0.717) is 0 Å². The van der Waals surface area contributed by atoms with E-state index < -0.39 is 0 Å². The summed E-state index contributed by atoms with van der Waals surface area (Å²) in [5, 5.41) is 9.20. The van der Waals surface area contributed by atoms with Crippen molar-refractivity contribution in [2.75, 3.05) is 33.9 Å². The Hall–Kier alpha value is -1.26. The number of rotatable bonds is 5. The topological polar surface area (TPSA) is 41.9 Å². The quantitative estimate of drug-likeness (QED) is 0.861. The lowest BCUT2D eigenvalue weighted by Crippen LogP contribution is -2.51. The molecule has 1 aliphatic rings. The van der Waals surface area contributed by atoms with Gasteiger partial charge in [0.2, 0.25) is 0 Å². The lowest BCUT2D eigenvalue weighted by molar-refractivity contribution is 0.0369. The van der Waals surface area contributed by atoms with E-state index >= 15 is 0 Å². The van der Waals surface area contributed by atoms with Gasteiger partial charge in [0.05, 0.1) is 7.11 Å². The molecule has 1 saturated heterocycles. The first-order valence-corrected chi connectivity index (χ1v) is 6.28. The van der Waals surface area contributed by atoms with E-state index in [1.165, 1.54) is 0 Å². The van der Waals surface area contributed by atoms with Gasteiger partial charge >= 0.3 is 0 Å². The second kappa shape index (κ2) is 5.59. The highest BCUT2D eigenvalue weighted by Crippen LogP contribution is 2.32. The van der Waals surface area contributed by atoms with Gasteiger partial charge in [-0.3, -0.25) is 4.90 Å². The average Bonchev–Trinajstić information content (AvgIpc) is 2.36. The van der Waals surface area contributed by atoms with Gasteiger partial charge in [0.1, 0.15) is 6.10 Å². The summed E-state index contributed by atoms with van der Waals surface area (Å²) in [6.07, 6.45) is 0.239. The molecule has 1 aliphatic heterocycles. The van der Waals surface area contributed by atoms with Gasteiger partial charge in [-0.15, -0.1) is 0 Å². The molecule has 0 aliphatic carbocycles. The highest BCUT2D eigenvalue weighted by molar-refractivity contribution is 5.44. The summed E-state index contributed by atoms with van der Waals surface area (Å²) in [6, 6.07) is 5.84. The summed E-state index contributed by atoms with van der Waals surface area (Å²) in [6.45, 7) is 4.02. The molecular formula is C14H21NO3. The molecule has 1 fully saturated rings. The van der Waals surface area contributed by atoms with Gasteiger partial charge in [-0.25, -0.2) is 0 Å². The van der Waals surface area contributed by atoms with Crippen LogP contribution in [0.2, 0.25) is 0 Å². The number of aliphatic hydroxyl groups excluding tert-OH is 1. The molecule has 1 N–H and O–H groups in total. The van der Waals surface area contributed by atoms with Crippen LogP contribution in [-0.4, -0.2) is 50.0 Å². The largest absolute Gasteiger partial charge is 0.493 e. The van der Waals surface area contributed by atoms with Gasteiger partial charge in [0.15, 0.2) is 11.5 Å². The molecular weight excluding hydrogens is 230 g/mol. The van der Waals surface area contributed by atoms with Crippen molar-refractivity contribution in [3.05, 3.63) is 23.8 Å². The number of benzene rings is 1. The fourth-order valence-corrected chi connectivity index (χ4v) is 2.09. The Labute approximate surface area is 108 Å². The van der Waals surface area contributed by atoms with Crippen molar-refractivity contribution in [2.24, 2.45) is 0 Å². The van der Waals surface area contributed by atoms with Crippen LogP contribution in [0.4, 0.5) is 0 Å². The minimum Gasteiger partial charge on any atom is -0.493 e. The molecule has 0 spiro atoms. The monoisotopic (exact) mass is 251 g/mol. The second-order valence-electron chi connectivity index (χ2n) is 4.95. The molecule has 1 aromatic carbocycles. The van der Waals surface area contributed by atoms with E-state index in [4.69, 9.17) is 9.47 Å². The summed E-state index contributed by atoms with van der Waals surface area (Å²) in [4.78, 5) is 2.21. The fourth-order valence-electron chi connectivity index (χ4n) is 2.09. The smallest absolute Gasteiger partial charge is 0.162 e. The van der Waals surface area contributed by atoms with Gasteiger partial charge < -0.3 is 14.6 Å². The van der Waals surface area contributed by atoms with E-state index in [-0.39, 0.29) is 18.6 Å². The Morgan fingerprint density at radius 1 is 1.39 bits per heavy atom. The fraction of sp³-hybridized carbons (Fsp3) is 0.571. The zero-order chi connectivity index (χ0) is 13.1. The number of ether oxygens (including phenoxy) is 2. The van der Waals surface area contributed by atoms with Gasteiger partial charge in [-0.05, 0) is 24.7 Å². The van der Waals surface area contributed by atoms with E-state index in [1.807, 2.05) is 25.1 Å². The second-order valence-corrected chi connectivity index (χ2v) is 4.95. The van der Waals surface area contributed by atoms with Crippen molar-refractivity contribution in [1.29, 1.82) is 0 Å². The highest BCUT2D eigenvalue weighted by atomic mass is 16.5. The van der Waals surface area contributed by atoms with Gasteiger partial charge in [-0.2, -0.15) is 0 Å². The zero-order valence-electron chi connectivity index (χ0n) is 11.2. The Kier molecular flexibility index (Phi) is 4.09. The van der Waals surface area contributed by atoms with E-state index in [2.05, 4.69) is 11.9 Å². The van der Waals surface area contributed by atoms with Gasteiger partial charge in [-0.1, -0.05) is 13.0 Å². The zero-order valence-corrected chi connectivity index (χ0v) is 11.2. The van der Waals surface area contributed by atoms with Crippen LogP contribution in [0.15, 0.2) is 18.2 Å². The first kappa shape index (κ1) is 13.2. The maximum Gasteiger partial charge on any atom is 0.162 e. The average molecular weight is 251 g/mol. The molecule has 4 nitrogen and oxygen atoms in total. The number of likely N-dealkylation sites (N-methyl/N-ethyl adjacent to an activating group) is 1.